The Morgan fingerprint density at radius 2 is 1.08 bits per heavy atom. The van der Waals surface area contributed by atoms with Crippen molar-refractivity contribution in [3.8, 4) is 0 Å². The number of nitro groups is 2. The Morgan fingerprint density at radius 3 is 1.42 bits per heavy atom. The minimum Gasteiger partial charge on any atom is -0.448 e. The Morgan fingerprint density at radius 1 is 0.711 bits per heavy atom. The van der Waals surface area contributed by atoms with E-state index in [2.05, 4.69) is 18.0 Å². The number of unbranched alkanes of at least 4 members (excludes halogenated alkanes) is 1. The first kappa shape index (κ1) is 29.8. The summed E-state index contributed by atoms with van der Waals surface area (Å²) in [5.41, 5.74) is 2.00. The van der Waals surface area contributed by atoms with Crippen LogP contribution in [-0.4, -0.2) is 52.1 Å². The lowest BCUT2D eigenvalue weighted by Crippen LogP contribution is -2.29. The molecule has 0 aliphatic rings. The van der Waals surface area contributed by atoms with Crippen molar-refractivity contribution in [2.45, 2.75) is 22.6 Å². The first-order valence-electron chi connectivity index (χ1n) is 10.0. The lowest BCUT2D eigenvalue weighted by Gasteiger charge is -2.09. The SMILES string of the molecule is O=C(NOS(=O)(=O)c1cccc([N+](=O)[O-])c1)OCCCCOC(=O)NOS(=O)(=O)c1cccc([N+](=O)[O-])c1. The van der Waals surface area contributed by atoms with Crippen molar-refractivity contribution in [3.05, 3.63) is 68.8 Å². The van der Waals surface area contributed by atoms with E-state index < -0.39 is 63.4 Å². The highest BCUT2D eigenvalue weighted by Crippen LogP contribution is 2.19. The molecule has 2 aromatic carbocycles. The minimum atomic E-state index is -4.57. The first-order chi connectivity index (χ1) is 17.8. The van der Waals surface area contributed by atoms with Gasteiger partial charge in [-0.05, 0) is 25.0 Å². The summed E-state index contributed by atoms with van der Waals surface area (Å²) >= 11 is 0. The van der Waals surface area contributed by atoms with Crippen LogP contribution < -0.4 is 11.0 Å². The Kier molecular flexibility index (Phi) is 10.4. The third-order valence-corrected chi connectivity index (χ3v) is 6.38. The highest BCUT2D eigenvalue weighted by molar-refractivity contribution is 7.87. The van der Waals surface area contributed by atoms with Gasteiger partial charge < -0.3 is 9.47 Å². The van der Waals surface area contributed by atoms with E-state index in [1.165, 1.54) is 11.0 Å². The minimum absolute atomic E-state index is 0.116. The van der Waals surface area contributed by atoms with E-state index >= 15 is 0 Å². The molecule has 20 heteroatoms. The second-order valence-electron chi connectivity index (χ2n) is 6.77. The molecule has 18 nitrogen and oxygen atoms in total. The number of hydrogen-bond acceptors (Lipinski definition) is 14. The molecule has 0 aromatic heterocycles. The van der Waals surface area contributed by atoms with Gasteiger partial charge >= 0.3 is 32.4 Å². The number of hydroxylamine groups is 2. The molecule has 0 unspecified atom stereocenters. The highest BCUT2D eigenvalue weighted by Gasteiger charge is 2.22. The largest absolute Gasteiger partial charge is 0.448 e. The predicted octanol–water partition coefficient (Wildman–Crippen LogP) is 1.68. The summed E-state index contributed by atoms with van der Waals surface area (Å²) < 4.78 is 65.8. The van der Waals surface area contributed by atoms with Crippen molar-refractivity contribution in [1.82, 2.24) is 11.0 Å². The Labute approximate surface area is 213 Å². The number of rotatable bonds is 13. The van der Waals surface area contributed by atoms with E-state index in [1.807, 2.05) is 0 Å². The normalized spacial score (nSPS) is 11.3. The molecular weight excluding hydrogens is 560 g/mol. The van der Waals surface area contributed by atoms with Crippen molar-refractivity contribution < 1.29 is 54.3 Å². The van der Waals surface area contributed by atoms with E-state index in [9.17, 15) is 46.7 Å². The Hall–Kier alpha value is -4.40. The molecule has 0 spiro atoms. The zero-order valence-electron chi connectivity index (χ0n) is 18.9. The van der Waals surface area contributed by atoms with E-state index in [0.717, 1.165) is 48.5 Å². The van der Waals surface area contributed by atoms with Gasteiger partial charge in [0.05, 0.1) is 23.1 Å². The number of non-ortho nitro benzene ring substituents is 2. The first-order valence-corrected chi connectivity index (χ1v) is 12.8. The van der Waals surface area contributed by atoms with Crippen molar-refractivity contribution in [2.75, 3.05) is 13.2 Å². The molecule has 38 heavy (non-hydrogen) atoms. The fourth-order valence-electron chi connectivity index (χ4n) is 2.37. The maximum atomic E-state index is 12.0. The number of carbonyl (C=O) groups is 2. The molecule has 2 rings (SSSR count). The maximum absolute atomic E-state index is 12.0. The zero-order chi connectivity index (χ0) is 28.3. The lowest BCUT2D eigenvalue weighted by atomic mass is 10.3. The molecule has 2 aromatic rings. The van der Waals surface area contributed by atoms with Gasteiger partial charge in [-0.25, -0.2) is 9.59 Å². The van der Waals surface area contributed by atoms with Crippen molar-refractivity contribution in [3.63, 3.8) is 0 Å². The third-order valence-electron chi connectivity index (χ3n) is 4.11. The Balaban J connectivity index is 1.65. The van der Waals surface area contributed by atoms with Gasteiger partial charge in [-0.15, -0.1) is 8.57 Å². The quantitative estimate of drug-likeness (QED) is 0.195. The average Bonchev–Trinajstić information content (AvgIpc) is 2.88. The second kappa shape index (κ2) is 13.2. The van der Waals surface area contributed by atoms with Crippen LogP contribution in [0.2, 0.25) is 0 Å². The summed E-state index contributed by atoms with van der Waals surface area (Å²) in [7, 11) is -9.13. The summed E-state index contributed by atoms with van der Waals surface area (Å²) in [5.74, 6) is 0. The fraction of sp³-hybridized carbons (Fsp3) is 0.222. The predicted molar refractivity (Wildman–Crippen MR) is 121 cm³/mol. The molecule has 0 fully saturated rings. The van der Waals surface area contributed by atoms with Crippen LogP contribution in [0.4, 0.5) is 21.0 Å². The molecule has 0 radical (unpaired) electrons. The number of nitro benzene ring substituents is 2. The summed E-state index contributed by atoms with van der Waals surface area (Å²) in [5, 5.41) is 21.5. The van der Waals surface area contributed by atoms with Gasteiger partial charge in [0.15, 0.2) is 0 Å². The maximum Gasteiger partial charge on any atom is 0.432 e. The zero-order valence-corrected chi connectivity index (χ0v) is 20.5. The number of amides is 2. The molecule has 2 amide bonds. The van der Waals surface area contributed by atoms with Gasteiger partial charge in [0, 0.05) is 24.3 Å². The molecular formula is C18H18N4O14S2. The highest BCUT2D eigenvalue weighted by atomic mass is 32.2. The molecule has 0 saturated heterocycles. The van der Waals surface area contributed by atoms with Crippen molar-refractivity contribution in [2.24, 2.45) is 0 Å². The number of ether oxygens (including phenoxy) is 2. The van der Waals surface area contributed by atoms with Gasteiger partial charge in [0.2, 0.25) is 0 Å². The van der Waals surface area contributed by atoms with E-state index in [4.69, 9.17) is 0 Å². The number of nitrogens with zero attached hydrogens (tertiary/aromatic N) is 2. The molecule has 0 atom stereocenters. The number of carbonyl (C=O) groups excluding carboxylic acids is 2. The molecule has 0 bridgehead atoms. The topological polar surface area (TPSA) is 250 Å². The van der Waals surface area contributed by atoms with Crippen LogP contribution >= 0.6 is 0 Å². The van der Waals surface area contributed by atoms with Gasteiger partial charge in [-0.1, -0.05) is 12.1 Å². The van der Waals surface area contributed by atoms with Crippen LogP contribution in [0.3, 0.4) is 0 Å². The van der Waals surface area contributed by atoms with Crippen LogP contribution in [0.25, 0.3) is 0 Å². The van der Waals surface area contributed by atoms with Crippen LogP contribution in [0.15, 0.2) is 58.3 Å². The van der Waals surface area contributed by atoms with E-state index in [0.29, 0.717) is 0 Å². The standard InChI is InChI=1S/C18H18N4O14S2/c23-17(19-35-37(29,30)15-7-3-5-13(11-15)21(25)26)33-9-1-2-10-34-18(24)20-36-38(31,32)16-8-4-6-14(12-16)22(27)28/h3-8,11-12H,1-2,9-10H2,(H,19,23)(H,20,24). The van der Waals surface area contributed by atoms with Gasteiger partial charge in [0.1, 0.15) is 9.79 Å². The molecule has 0 heterocycles. The van der Waals surface area contributed by atoms with Gasteiger partial charge in [-0.3, -0.25) is 20.2 Å². The molecule has 0 aliphatic heterocycles. The summed E-state index contributed by atoms with van der Waals surface area (Å²) in [4.78, 5) is 41.8. The van der Waals surface area contributed by atoms with Gasteiger partial charge in [0.25, 0.3) is 11.4 Å². The molecule has 206 valence electrons. The van der Waals surface area contributed by atoms with Crippen LogP contribution in [0, 0.1) is 20.2 Å². The lowest BCUT2D eigenvalue weighted by molar-refractivity contribution is -0.385. The molecule has 0 aliphatic carbocycles. The summed E-state index contributed by atoms with van der Waals surface area (Å²) in [6, 6.07) is 7.82. The van der Waals surface area contributed by atoms with E-state index in [-0.39, 0.29) is 26.1 Å². The van der Waals surface area contributed by atoms with Gasteiger partial charge in [-0.2, -0.15) is 27.8 Å². The number of benzene rings is 2. The smallest absolute Gasteiger partial charge is 0.432 e. The number of hydrogen-bond donors (Lipinski definition) is 2. The van der Waals surface area contributed by atoms with Crippen LogP contribution in [0.1, 0.15) is 12.8 Å². The van der Waals surface area contributed by atoms with Crippen molar-refractivity contribution >= 4 is 43.8 Å². The summed E-state index contributed by atoms with van der Waals surface area (Å²) in [6.45, 7) is -0.538. The monoisotopic (exact) mass is 578 g/mol. The van der Waals surface area contributed by atoms with E-state index in [1.54, 1.807) is 0 Å². The third kappa shape index (κ3) is 9.24. The molecule has 0 saturated carbocycles. The fourth-order valence-corrected chi connectivity index (χ4v) is 3.94. The summed E-state index contributed by atoms with van der Waals surface area (Å²) in [6.07, 6.45) is -2.36. The second-order valence-corrected chi connectivity index (χ2v) is 9.86. The van der Waals surface area contributed by atoms with Crippen LogP contribution in [0.5, 0.6) is 0 Å². The Bertz CT molecular complexity index is 1300. The van der Waals surface area contributed by atoms with Crippen molar-refractivity contribution in [1.29, 1.82) is 0 Å². The number of nitrogens with one attached hydrogen (secondary N) is 2. The van der Waals surface area contributed by atoms with Crippen LogP contribution in [-0.2, 0) is 38.3 Å². The average molecular weight is 578 g/mol. The molecule has 2 N–H and O–H groups in total.